The van der Waals surface area contributed by atoms with E-state index in [-0.39, 0.29) is 38.0 Å². The van der Waals surface area contributed by atoms with E-state index in [1.54, 1.807) is 4.90 Å². The summed E-state index contributed by atoms with van der Waals surface area (Å²) in [5, 5.41) is 0. The zero-order valence-electron chi connectivity index (χ0n) is 12.7. The average Bonchev–Trinajstić information content (AvgIpc) is 3.26. The van der Waals surface area contributed by atoms with Gasteiger partial charge in [-0.25, -0.2) is 17.2 Å². The smallest absolute Gasteiger partial charge is 0.246 e. The van der Waals surface area contributed by atoms with Gasteiger partial charge in [-0.1, -0.05) is 6.92 Å². The van der Waals surface area contributed by atoms with Crippen LogP contribution in [0.3, 0.4) is 0 Å². The summed E-state index contributed by atoms with van der Waals surface area (Å²) in [6.07, 6.45) is 0.881. The minimum atomic E-state index is -4.10. The fourth-order valence-electron chi connectivity index (χ4n) is 2.86. The van der Waals surface area contributed by atoms with E-state index < -0.39 is 26.6 Å². The number of rotatable bonds is 3. The van der Waals surface area contributed by atoms with Crippen LogP contribution >= 0.6 is 0 Å². The van der Waals surface area contributed by atoms with Crippen LogP contribution in [0.5, 0.6) is 0 Å². The molecule has 1 saturated carbocycles. The fourth-order valence-corrected chi connectivity index (χ4v) is 4.36. The molecule has 2 unspecified atom stereocenters. The molecular formula is C15H18F2N2O3S. The number of carbonyl (C=O) groups excluding carboxylic acids is 1. The number of nitrogens with zero attached hydrogens (tertiary/aromatic N) is 2. The first-order chi connectivity index (χ1) is 10.8. The van der Waals surface area contributed by atoms with E-state index in [1.165, 1.54) is 0 Å². The molecule has 5 nitrogen and oxygen atoms in total. The van der Waals surface area contributed by atoms with Crippen molar-refractivity contribution in [2.45, 2.75) is 18.2 Å². The maximum Gasteiger partial charge on any atom is 0.246 e. The highest BCUT2D eigenvalue weighted by Gasteiger charge is 2.42. The lowest BCUT2D eigenvalue weighted by Gasteiger charge is -2.34. The monoisotopic (exact) mass is 344 g/mol. The summed E-state index contributed by atoms with van der Waals surface area (Å²) >= 11 is 0. The highest BCUT2D eigenvalue weighted by molar-refractivity contribution is 7.89. The van der Waals surface area contributed by atoms with Crippen molar-refractivity contribution in [3.05, 3.63) is 29.8 Å². The summed E-state index contributed by atoms with van der Waals surface area (Å²) in [5.41, 5.74) is 0. The predicted octanol–water partition coefficient (Wildman–Crippen LogP) is 1.45. The summed E-state index contributed by atoms with van der Waals surface area (Å²) < 4.78 is 53.0. The molecule has 3 rings (SSSR count). The number of benzene rings is 1. The molecular weight excluding hydrogens is 326 g/mol. The molecule has 1 heterocycles. The van der Waals surface area contributed by atoms with Crippen LogP contribution in [-0.4, -0.2) is 49.7 Å². The summed E-state index contributed by atoms with van der Waals surface area (Å²) in [6.45, 7) is 2.74. The number of hydrogen-bond donors (Lipinski definition) is 0. The molecule has 1 aromatic rings. The third-order valence-corrected chi connectivity index (χ3v) is 6.40. The second kappa shape index (κ2) is 5.83. The number of amides is 1. The first-order valence-corrected chi connectivity index (χ1v) is 8.98. The van der Waals surface area contributed by atoms with E-state index in [0.29, 0.717) is 12.0 Å². The van der Waals surface area contributed by atoms with Crippen molar-refractivity contribution in [2.75, 3.05) is 26.2 Å². The van der Waals surface area contributed by atoms with Gasteiger partial charge >= 0.3 is 0 Å². The molecule has 0 radical (unpaired) electrons. The quantitative estimate of drug-likeness (QED) is 0.834. The number of sulfonamides is 1. The minimum Gasteiger partial charge on any atom is -0.340 e. The Morgan fingerprint density at radius 1 is 1.17 bits per heavy atom. The van der Waals surface area contributed by atoms with Gasteiger partial charge < -0.3 is 4.90 Å². The molecule has 1 aliphatic carbocycles. The van der Waals surface area contributed by atoms with E-state index in [0.717, 1.165) is 22.9 Å². The van der Waals surface area contributed by atoms with Gasteiger partial charge in [-0.2, -0.15) is 4.31 Å². The number of piperazine rings is 1. The molecule has 2 aliphatic rings. The molecule has 0 aromatic heterocycles. The first-order valence-electron chi connectivity index (χ1n) is 7.54. The number of carbonyl (C=O) groups is 1. The van der Waals surface area contributed by atoms with Crippen molar-refractivity contribution >= 4 is 15.9 Å². The molecule has 2 fully saturated rings. The first kappa shape index (κ1) is 16.3. The summed E-state index contributed by atoms with van der Waals surface area (Å²) in [4.78, 5) is 13.1. The van der Waals surface area contributed by atoms with E-state index in [9.17, 15) is 22.0 Å². The highest BCUT2D eigenvalue weighted by Crippen LogP contribution is 2.39. The van der Waals surface area contributed by atoms with Crippen molar-refractivity contribution in [3.8, 4) is 0 Å². The fraction of sp³-hybridized carbons (Fsp3) is 0.533. The molecule has 0 N–H and O–H groups in total. The van der Waals surface area contributed by atoms with Crippen molar-refractivity contribution in [3.63, 3.8) is 0 Å². The van der Waals surface area contributed by atoms with E-state index >= 15 is 0 Å². The van der Waals surface area contributed by atoms with E-state index in [2.05, 4.69) is 0 Å². The standard InChI is InChI=1S/C15H18F2N2O3S/c1-10-8-12(10)15(20)18-4-6-19(7-5-18)23(21,22)14-9-11(16)2-3-13(14)17/h2-3,9-10,12H,4-8H2,1H3. The molecule has 0 bridgehead atoms. The van der Waals surface area contributed by atoms with Crippen LogP contribution in [0.25, 0.3) is 0 Å². The molecule has 1 aliphatic heterocycles. The van der Waals surface area contributed by atoms with Crippen LogP contribution in [-0.2, 0) is 14.8 Å². The normalized spacial score (nSPS) is 25.4. The van der Waals surface area contributed by atoms with Crippen LogP contribution in [0, 0.1) is 23.5 Å². The van der Waals surface area contributed by atoms with E-state index in [4.69, 9.17) is 0 Å². The Morgan fingerprint density at radius 2 is 1.78 bits per heavy atom. The van der Waals surface area contributed by atoms with Gasteiger partial charge in [-0.15, -0.1) is 0 Å². The van der Waals surface area contributed by atoms with Gasteiger partial charge in [0.1, 0.15) is 16.5 Å². The van der Waals surface area contributed by atoms with Crippen LogP contribution in [0.1, 0.15) is 13.3 Å². The van der Waals surface area contributed by atoms with Gasteiger partial charge in [-0.05, 0) is 30.5 Å². The maximum atomic E-state index is 13.7. The minimum absolute atomic E-state index is 0.0545. The molecule has 1 saturated heterocycles. The number of halogens is 2. The predicted molar refractivity (Wildman–Crippen MR) is 79.0 cm³/mol. The van der Waals surface area contributed by atoms with Gasteiger partial charge in [0, 0.05) is 32.1 Å². The lowest BCUT2D eigenvalue weighted by Crippen LogP contribution is -2.51. The molecule has 23 heavy (non-hydrogen) atoms. The lowest BCUT2D eigenvalue weighted by atomic mass is 10.2. The highest BCUT2D eigenvalue weighted by atomic mass is 32.2. The Kier molecular flexibility index (Phi) is 4.14. The zero-order chi connectivity index (χ0) is 16.8. The lowest BCUT2D eigenvalue weighted by molar-refractivity contribution is -0.134. The Labute approximate surface area is 133 Å². The average molecular weight is 344 g/mol. The largest absolute Gasteiger partial charge is 0.340 e. The van der Waals surface area contributed by atoms with Crippen molar-refractivity contribution in [1.29, 1.82) is 0 Å². The van der Waals surface area contributed by atoms with Crippen molar-refractivity contribution < 1.29 is 22.0 Å². The van der Waals surface area contributed by atoms with Crippen molar-refractivity contribution in [1.82, 2.24) is 9.21 Å². The maximum absolute atomic E-state index is 13.7. The second-order valence-electron chi connectivity index (χ2n) is 6.12. The SMILES string of the molecule is CC1CC1C(=O)N1CCN(S(=O)(=O)c2cc(F)ccc2F)CC1. The third kappa shape index (κ3) is 3.10. The Bertz CT molecular complexity index is 730. The van der Waals surface area contributed by atoms with Crippen LogP contribution in [0.15, 0.2) is 23.1 Å². The molecule has 0 spiro atoms. The van der Waals surface area contributed by atoms with Crippen LogP contribution in [0.2, 0.25) is 0 Å². The van der Waals surface area contributed by atoms with E-state index in [1.807, 2.05) is 6.92 Å². The van der Waals surface area contributed by atoms with Crippen LogP contribution < -0.4 is 0 Å². The summed E-state index contributed by atoms with van der Waals surface area (Å²) in [5.74, 6) is -1.27. The van der Waals surface area contributed by atoms with Gasteiger partial charge in [-0.3, -0.25) is 4.79 Å². The second-order valence-corrected chi connectivity index (χ2v) is 8.03. The summed E-state index contributed by atoms with van der Waals surface area (Å²) in [6, 6.07) is 2.37. The molecule has 126 valence electrons. The van der Waals surface area contributed by atoms with Gasteiger partial charge in [0.05, 0.1) is 0 Å². The van der Waals surface area contributed by atoms with Gasteiger partial charge in [0.2, 0.25) is 15.9 Å². The van der Waals surface area contributed by atoms with Crippen LogP contribution in [0.4, 0.5) is 8.78 Å². The van der Waals surface area contributed by atoms with Gasteiger partial charge in [0.25, 0.3) is 0 Å². The van der Waals surface area contributed by atoms with Crippen molar-refractivity contribution in [2.24, 2.45) is 11.8 Å². The summed E-state index contributed by atoms with van der Waals surface area (Å²) in [7, 11) is -4.10. The topological polar surface area (TPSA) is 57.7 Å². The number of hydrogen-bond acceptors (Lipinski definition) is 3. The van der Waals surface area contributed by atoms with Gasteiger partial charge in [0.15, 0.2) is 0 Å². The Hall–Kier alpha value is -1.54. The third-order valence-electron chi connectivity index (χ3n) is 4.49. The zero-order valence-corrected chi connectivity index (χ0v) is 13.5. The molecule has 1 amide bonds. The molecule has 2 atom stereocenters. The Balaban J connectivity index is 1.71. The molecule has 8 heteroatoms. The molecule has 1 aromatic carbocycles. The Morgan fingerprint density at radius 3 is 2.35 bits per heavy atom.